The Morgan fingerprint density at radius 1 is 1.24 bits per heavy atom. The number of aliphatic hydroxyl groups is 1. The zero-order valence-electron chi connectivity index (χ0n) is 11.7. The molecule has 2 heterocycles. The summed E-state index contributed by atoms with van der Waals surface area (Å²) in [7, 11) is 0. The highest BCUT2D eigenvalue weighted by Gasteiger charge is 2.46. The predicted molar refractivity (Wildman–Crippen MR) is 76.1 cm³/mol. The van der Waals surface area contributed by atoms with Crippen molar-refractivity contribution in [2.75, 3.05) is 13.2 Å². The van der Waals surface area contributed by atoms with Gasteiger partial charge in [-0.3, -0.25) is 9.69 Å². The molecule has 1 aromatic carbocycles. The number of carboxylic acid groups (broad SMARTS) is 1. The number of piperidine rings is 2. The van der Waals surface area contributed by atoms with Gasteiger partial charge < -0.3 is 10.2 Å². The second-order valence-electron chi connectivity index (χ2n) is 5.84. The third-order valence-electron chi connectivity index (χ3n) is 4.73. The van der Waals surface area contributed by atoms with E-state index in [0.717, 1.165) is 18.4 Å². The van der Waals surface area contributed by atoms with Gasteiger partial charge in [0.1, 0.15) is 5.78 Å². The summed E-state index contributed by atoms with van der Waals surface area (Å²) in [4.78, 5) is 25.3. The molecule has 0 radical (unpaired) electrons. The van der Waals surface area contributed by atoms with Gasteiger partial charge >= 0.3 is 5.97 Å². The monoisotopic (exact) mass is 289 g/mol. The predicted octanol–water partition coefficient (Wildman–Crippen LogP) is 1.47. The number of carbonyl (C=O) groups is 2. The zero-order valence-corrected chi connectivity index (χ0v) is 11.7. The van der Waals surface area contributed by atoms with Gasteiger partial charge in [-0.25, -0.2) is 4.79 Å². The van der Waals surface area contributed by atoms with Crippen molar-refractivity contribution in [1.82, 2.24) is 4.90 Å². The number of benzene rings is 1. The molecule has 1 aromatic rings. The van der Waals surface area contributed by atoms with E-state index in [-0.39, 0.29) is 30.2 Å². The number of nitrogens with zero attached hydrogens (tertiary/aromatic N) is 1. The number of aliphatic hydroxyl groups excluding tert-OH is 1. The molecule has 0 spiro atoms. The van der Waals surface area contributed by atoms with Crippen LogP contribution < -0.4 is 0 Å². The summed E-state index contributed by atoms with van der Waals surface area (Å²) in [6.07, 6.45) is 2.46. The third kappa shape index (κ3) is 2.47. The molecule has 0 amide bonds. The third-order valence-corrected chi connectivity index (χ3v) is 4.73. The smallest absolute Gasteiger partial charge is 0.335 e. The Morgan fingerprint density at radius 3 is 2.52 bits per heavy atom. The molecule has 2 bridgehead atoms. The van der Waals surface area contributed by atoms with Crippen LogP contribution >= 0.6 is 0 Å². The van der Waals surface area contributed by atoms with Crippen molar-refractivity contribution in [3.05, 3.63) is 35.4 Å². The van der Waals surface area contributed by atoms with Gasteiger partial charge in [-0.2, -0.15) is 0 Å². The van der Waals surface area contributed by atoms with Crippen LogP contribution in [0.2, 0.25) is 0 Å². The molecule has 112 valence electrons. The molecule has 3 unspecified atom stereocenters. The largest absolute Gasteiger partial charge is 0.478 e. The highest BCUT2D eigenvalue weighted by molar-refractivity contribution is 5.87. The molecule has 4 rings (SSSR count). The Balaban J connectivity index is 1.93. The summed E-state index contributed by atoms with van der Waals surface area (Å²) in [5.41, 5.74) is 1.22. The molecule has 1 saturated carbocycles. The van der Waals surface area contributed by atoms with Gasteiger partial charge in [0.25, 0.3) is 0 Å². The second kappa shape index (κ2) is 5.58. The summed E-state index contributed by atoms with van der Waals surface area (Å²) in [6.45, 7) is 0.626. The molecule has 2 saturated heterocycles. The van der Waals surface area contributed by atoms with Crippen LogP contribution in [0.5, 0.6) is 0 Å². The van der Waals surface area contributed by atoms with Crippen LogP contribution in [0.25, 0.3) is 0 Å². The number of hydrogen-bond acceptors (Lipinski definition) is 4. The Kier molecular flexibility index (Phi) is 3.78. The van der Waals surface area contributed by atoms with E-state index in [9.17, 15) is 14.7 Å². The van der Waals surface area contributed by atoms with E-state index in [1.165, 1.54) is 0 Å². The van der Waals surface area contributed by atoms with E-state index in [4.69, 9.17) is 5.11 Å². The maximum Gasteiger partial charge on any atom is 0.335 e. The molecule has 0 aromatic heterocycles. The number of carbonyl (C=O) groups excluding carboxylic acids is 1. The second-order valence-corrected chi connectivity index (χ2v) is 5.84. The van der Waals surface area contributed by atoms with E-state index < -0.39 is 5.97 Å². The van der Waals surface area contributed by atoms with Gasteiger partial charge in [-0.1, -0.05) is 12.1 Å². The Morgan fingerprint density at radius 2 is 1.95 bits per heavy atom. The number of hydrogen-bond donors (Lipinski definition) is 2. The lowest BCUT2D eigenvalue weighted by Crippen LogP contribution is -2.54. The summed E-state index contributed by atoms with van der Waals surface area (Å²) in [6, 6.07) is 6.95. The number of Topliss-reactive ketones (excluding diaryl/α,β-unsaturated/α-hetero) is 1. The molecule has 5 nitrogen and oxygen atoms in total. The van der Waals surface area contributed by atoms with Crippen LogP contribution in [-0.4, -0.2) is 46.1 Å². The molecular formula is C16H19NO4. The van der Waals surface area contributed by atoms with Crippen LogP contribution in [0.1, 0.15) is 41.2 Å². The van der Waals surface area contributed by atoms with Gasteiger partial charge in [0.15, 0.2) is 0 Å². The lowest BCUT2D eigenvalue weighted by atomic mass is 9.71. The Labute approximate surface area is 123 Å². The standard InChI is InChI=1S/C16H19NO4/c18-8-7-17-12-5-6-13(14(19)9-12)15(17)10-1-3-11(4-2-10)16(20)21/h1-4,12-13,15,18H,5-9H2,(H,20,21). The van der Waals surface area contributed by atoms with Gasteiger partial charge in [0, 0.05) is 31.0 Å². The van der Waals surface area contributed by atoms with Gasteiger partial charge in [-0.15, -0.1) is 0 Å². The quantitative estimate of drug-likeness (QED) is 0.877. The van der Waals surface area contributed by atoms with Crippen LogP contribution in [-0.2, 0) is 4.79 Å². The van der Waals surface area contributed by atoms with Crippen molar-refractivity contribution in [3.63, 3.8) is 0 Å². The van der Waals surface area contributed by atoms with Crippen LogP contribution in [0, 0.1) is 5.92 Å². The van der Waals surface area contributed by atoms with E-state index >= 15 is 0 Å². The van der Waals surface area contributed by atoms with Gasteiger partial charge in [-0.05, 0) is 30.5 Å². The minimum absolute atomic E-state index is 0.0278. The molecule has 5 heteroatoms. The van der Waals surface area contributed by atoms with E-state index in [0.29, 0.717) is 18.7 Å². The average Bonchev–Trinajstić information content (AvgIpc) is 2.49. The fraction of sp³-hybridized carbons (Fsp3) is 0.500. The highest BCUT2D eigenvalue weighted by Crippen LogP contribution is 2.45. The first-order valence-electron chi connectivity index (χ1n) is 7.34. The number of carboxylic acids is 1. The SMILES string of the molecule is O=C(O)c1ccc(C2C3CCC(CC3=O)N2CCO)cc1. The van der Waals surface area contributed by atoms with E-state index in [2.05, 4.69) is 4.90 Å². The first-order valence-corrected chi connectivity index (χ1v) is 7.34. The Hall–Kier alpha value is -1.72. The normalized spacial score (nSPS) is 28.8. The van der Waals surface area contributed by atoms with Crippen molar-refractivity contribution in [3.8, 4) is 0 Å². The minimum atomic E-state index is -0.949. The number of aromatic carboxylic acids is 1. The first kappa shape index (κ1) is 14.2. The summed E-state index contributed by atoms with van der Waals surface area (Å²) >= 11 is 0. The summed E-state index contributed by atoms with van der Waals surface area (Å²) < 4.78 is 0. The summed E-state index contributed by atoms with van der Waals surface area (Å²) in [5.74, 6) is -0.681. The van der Waals surface area contributed by atoms with Gasteiger partial charge in [0.05, 0.1) is 12.2 Å². The summed E-state index contributed by atoms with van der Waals surface area (Å²) in [5, 5.41) is 18.3. The van der Waals surface area contributed by atoms with Crippen molar-refractivity contribution < 1.29 is 19.8 Å². The van der Waals surface area contributed by atoms with Gasteiger partial charge in [0.2, 0.25) is 0 Å². The molecule has 3 atom stereocenters. The number of fused-ring (bicyclic) bond motifs is 3. The number of rotatable bonds is 4. The maximum absolute atomic E-state index is 12.2. The molecule has 2 aliphatic heterocycles. The van der Waals surface area contributed by atoms with Crippen LogP contribution in [0.4, 0.5) is 0 Å². The van der Waals surface area contributed by atoms with Crippen LogP contribution in [0.3, 0.4) is 0 Å². The van der Waals surface area contributed by atoms with Crippen LogP contribution in [0.15, 0.2) is 24.3 Å². The zero-order chi connectivity index (χ0) is 15.0. The average molecular weight is 289 g/mol. The molecule has 21 heavy (non-hydrogen) atoms. The molecule has 3 fully saturated rings. The molecular weight excluding hydrogens is 270 g/mol. The molecule has 1 aliphatic carbocycles. The molecule has 2 N–H and O–H groups in total. The fourth-order valence-electron chi connectivity index (χ4n) is 3.78. The lowest BCUT2D eigenvalue weighted by Gasteiger charge is -2.50. The van der Waals surface area contributed by atoms with E-state index in [1.54, 1.807) is 24.3 Å². The minimum Gasteiger partial charge on any atom is -0.478 e. The topological polar surface area (TPSA) is 77.8 Å². The maximum atomic E-state index is 12.2. The number of ketones is 1. The van der Waals surface area contributed by atoms with E-state index in [1.807, 2.05) is 0 Å². The van der Waals surface area contributed by atoms with Crippen molar-refractivity contribution in [1.29, 1.82) is 0 Å². The van der Waals surface area contributed by atoms with Crippen molar-refractivity contribution >= 4 is 11.8 Å². The fourth-order valence-corrected chi connectivity index (χ4v) is 3.78. The van der Waals surface area contributed by atoms with Crippen molar-refractivity contribution in [2.45, 2.75) is 31.3 Å². The molecule has 3 aliphatic rings. The van der Waals surface area contributed by atoms with Crippen molar-refractivity contribution in [2.24, 2.45) is 5.92 Å². The highest BCUT2D eigenvalue weighted by atomic mass is 16.4. The first-order chi connectivity index (χ1) is 10.1. The lowest BCUT2D eigenvalue weighted by molar-refractivity contribution is -0.138. The Bertz CT molecular complexity index is 554.